The van der Waals surface area contributed by atoms with Crippen LogP contribution in [0.15, 0.2) is 0 Å². The van der Waals surface area contributed by atoms with Gasteiger partial charge < -0.3 is 10.1 Å². The van der Waals surface area contributed by atoms with E-state index in [2.05, 4.69) is 11.4 Å². The lowest BCUT2D eigenvalue weighted by molar-refractivity contribution is -0.0719. The van der Waals surface area contributed by atoms with Crippen molar-refractivity contribution >= 4 is 0 Å². The van der Waals surface area contributed by atoms with Gasteiger partial charge in [0, 0.05) is 19.7 Å². The summed E-state index contributed by atoms with van der Waals surface area (Å²) in [4.78, 5) is 0. The minimum Gasteiger partial charge on any atom is -0.377 e. The third kappa shape index (κ3) is 2.39. The van der Waals surface area contributed by atoms with Crippen LogP contribution in [0.2, 0.25) is 0 Å². The fraction of sp³-hybridized carbons (Fsp3) is 0.923. The predicted octanol–water partition coefficient (Wildman–Crippen LogP) is 2.23. The van der Waals surface area contributed by atoms with Crippen molar-refractivity contribution in [2.45, 2.75) is 56.6 Å². The summed E-state index contributed by atoms with van der Waals surface area (Å²) < 4.78 is 5.59. The van der Waals surface area contributed by atoms with E-state index in [9.17, 15) is 0 Å². The first-order valence-corrected chi connectivity index (χ1v) is 6.48. The Hall–Kier alpha value is -0.590. The molecule has 0 aliphatic heterocycles. The van der Waals surface area contributed by atoms with Crippen LogP contribution in [0.3, 0.4) is 0 Å². The highest BCUT2D eigenvalue weighted by atomic mass is 16.5. The zero-order chi connectivity index (χ0) is 11.4. The van der Waals surface area contributed by atoms with E-state index in [1.54, 1.807) is 0 Å². The van der Waals surface area contributed by atoms with Crippen molar-refractivity contribution in [3.05, 3.63) is 0 Å². The highest BCUT2D eigenvalue weighted by molar-refractivity contribution is 4.98. The number of nitriles is 1. The number of ether oxygens (including phenoxy) is 1. The molecule has 2 unspecified atom stereocenters. The fourth-order valence-electron chi connectivity index (χ4n) is 2.87. The normalized spacial score (nSPS) is 32.8. The predicted molar refractivity (Wildman–Crippen MR) is 63.0 cm³/mol. The van der Waals surface area contributed by atoms with Crippen molar-refractivity contribution in [1.29, 1.82) is 5.26 Å². The third-order valence-electron chi connectivity index (χ3n) is 4.32. The van der Waals surface area contributed by atoms with Crippen LogP contribution in [0.5, 0.6) is 0 Å². The van der Waals surface area contributed by atoms with Gasteiger partial charge in [0.15, 0.2) is 0 Å². The molecule has 0 radical (unpaired) electrons. The Bertz CT molecular complexity index is 262. The van der Waals surface area contributed by atoms with Crippen molar-refractivity contribution in [2.24, 2.45) is 5.92 Å². The minimum absolute atomic E-state index is 0.0808. The van der Waals surface area contributed by atoms with Crippen LogP contribution < -0.4 is 5.32 Å². The highest BCUT2D eigenvalue weighted by Crippen LogP contribution is 2.35. The number of hydrogen-bond acceptors (Lipinski definition) is 3. The monoisotopic (exact) mass is 222 g/mol. The smallest absolute Gasteiger partial charge is 0.0802 e. The Kier molecular flexibility index (Phi) is 3.83. The summed E-state index contributed by atoms with van der Waals surface area (Å²) in [7, 11) is 1.81. The molecule has 3 nitrogen and oxygen atoms in total. The molecule has 0 aromatic rings. The number of nitrogens with one attached hydrogen (secondary N) is 1. The number of methoxy groups -OCH3 is 1. The second-order valence-electron chi connectivity index (χ2n) is 5.25. The zero-order valence-corrected chi connectivity index (χ0v) is 10.2. The molecule has 2 atom stereocenters. The van der Waals surface area contributed by atoms with Gasteiger partial charge >= 0.3 is 0 Å². The van der Waals surface area contributed by atoms with Crippen molar-refractivity contribution in [2.75, 3.05) is 13.7 Å². The van der Waals surface area contributed by atoms with Gasteiger partial charge in [0.1, 0.15) is 0 Å². The Morgan fingerprint density at radius 1 is 1.31 bits per heavy atom. The van der Waals surface area contributed by atoms with Crippen molar-refractivity contribution in [3.8, 4) is 6.07 Å². The Morgan fingerprint density at radius 2 is 2.06 bits per heavy atom. The number of nitrogens with zero attached hydrogens (tertiary/aromatic N) is 1. The van der Waals surface area contributed by atoms with Gasteiger partial charge in [-0.15, -0.1) is 0 Å². The maximum absolute atomic E-state index is 9.10. The molecule has 2 aliphatic rings. The SMILES string of the molecule is COC1(CNC2CCCCC2C#N)CCC1. The molecule has 0 bridgehead atoms. The van der Waals surface area contributed by atoms with Gasteiger partial charge in [0.25, 0.3) is 0 Å². The van der Waals surface area contributed by atoms with Crippen LogP contribution in [0.25, 0.3) is 0 Å². The van der Waals surface area contributed by atoms with E-state index in [0.29, 0.717) is 6.04 Å². The van der Waals surface area contributed by atoms with Crippen molar-refractivity contribution in [1.82, 2.24) is 5.32 Å². The van der Waals surface area contributed by atoms with Crippen LogP contribution in [0, 0.1) is 17.2 Å². The molecular formula is C13H22N2O. The third-order valence-corrected chi connectivity index (χ3v) is 4.32. The Labute approximate surface area is 98.2 Å². The molecule has 0 spiro atoms. The van der Waals surface area contributed by atoms with Gasteiger partial charge in [-0.3, -0.25) is 0 Å². The molecule has 2 fully saturated rings. The summed E-state index contributed by atoms with van der Waals surface area (Å²) >= 11 is 0. The first-order valence-electron chi connectivity index (χ1n) is 6.48. The summed E-state index contributed by atoms with van der Waals surface area (Å²) in [6.07, 6.45) is 8.30. The van der Waals surface area contributed by atoms with E-state index in [1.165, 1.54) is 32.1 Å². The average Bonchev–Trinajstić information content (AvgIpc) is 2.29. The van der Waals surface area contributed by atoms with E-state index in [-0.39, 0.29) is 11.5 Å². The summed E-state index contributed by atoms with van der Waals surface area (Å²) in [5, 5.41) is 12.7. The molecule has 2 aliphatic carbocycles. The molecule has 0 amide bonds. The molecule has 1 N–H and O–H groups in total. The van der Waals surface area contributed by atoms with Crippen LogP contribution in [-0.4, -0.2) is 25.3 Å². The summed E-state index contributed by atoms with van der Waals surface area (Å²) in [5.41, 5.74) is 0.0808. The molecule has 3 heteroatoms. The maximum Gasteiger partial charge on any atom is 0.0802 e. The van der Waals surface area contributed by atoms with E-state index >= 15 is 0 Å². The molecule has 0 saturated heterocycles. The van der Waals surface area contributed by atoms with E-state index < -0.39 is 0 Å². The second kappa shape index (κ2) is 5.16. The molecule has 0 heterocycles. The molecule has 2 rings (SSSR count). The lowest BCUT2D eigenvalue weighted by atomic mass is 9.79. The Morgan fingerprint density at radius 3 is 2.62 bits per heavy atom. The zero-order valence-electron chi connectivity index (χ0n) is 10.2. The van der Waals surface area contributed by atoms with Crippen LogP contribution in [-0.2, 0) is 4.74 Å². The highest BCUT2D eigenvalue weighted by Gasteiger charge is 2.38. The summed E-state index contributed by atoms with van der Waals surface area (Å²) in [5.74, 6) is 0.211. The van der Waals surface area contributed by atoms with E-state index in [1.807, 2.05) is 7.11 Å². The molecule has 2 saturated carbocycles. The average molecular weight is 222 g/mol. The van der Waals surface area contributed by atoms with E-state index in [0.717, 1.165) is 19.4 Å². The fourth-order valence-corrected chi connectivity index (χ4v) is 2.87. The van der Waals surface area contributed by atoms with Crippen molar-refractivity contribution in [3.63, 3.8) is 0 Å². The van der Waals surface area contributed by atoms with Gasteiger partial charge in [0.05, 0.1) is 17.6 Å². The summed E-state index contributed by atoms with van der Waals surface area (Å²) in [6.45, 7) is 0.923. The molecule has 0 aromatic carbocycles. The van der Waals surface area contributed by atoms with Crippen molar-refractivity contribution < 1.29 is 4.74 Å². The largest absolute Gasteiger partial charge is 0.377 e. The molecule has 16 heavy (non-hydrogen) atoms. The van der Waals surface area contributed by atoms with Crippen LogP contribution in [0.4, 0.5) is 0 Å². The minimum atomic E-state index is 0.0808. The number of rotatable bonds is 4. The van der Waals surface area contributed by atoms with Gasteiger partial charge in [-0.25, -0.2) is 0 Å². The second-order valence-corrected chi connectivity index (χ2v) is 5.25. The topological polar surface area (TPSA) is 45.0 Å². The van der Waals surface area contributed by atoms with Gasteiger partial charge in [-0.1, -0.05) is 12.8 Å². The first kappa shape index (κ1) is 11.9. The lowest BCUT2D eigenvalue weighted by Gasteiger charge is -2.42. The molecule has 90 valence electrons. The standard InChI is InChI=1S/C13H22N2O/c1-16-13(7-4-8-13)10-15-12-6-3-2-5-11(12)9-14/h11-12,15H,2-8,10H2,1H3. The first-order chi connectivity index (χ1) is 7.79. The van der Waals surface area contributed by atoms with Gasteiger partial charge in [-0.05, 0) is 32.1 Å². The van der Waals surface area contributed by atoms with Gasteiger partial charge in [0.2, 0.25) is 0 Å². The number of hydrogen-bond donors (Lipinski definition) is 1. The van der Waals surface area contributed by atoms with Crippen LogP contribution in [0.1, 0.15) is 44.9 Å². The van der Waals surface area contributed by atoms with Gasteiger partial charge in [-0.2, -0.15) is 5.26 Å². The summed E-state index contributed by atoms with van der Waals surface area (Å²) in [6, 6.07) is 2.84. The van der Waals surface area contributed by atoms with Crippen LogP contribution >= 0.6 is 0 Å². The lowest BCUT2D eigenvalue weighted by Crippen LogP contribution is -2.52. The Balaban J connectivity index is 1.82. The quantitative estimate of drug-likeness (QED) is 0.793. The maximum atomic E-state index is 9.10. The molecule has 0 aromatic heterocycles. The molecular weight excluding hydrogens is 200 g/mol. The van der Waals surface area contributed by atoms with E-state index in [4.69, 9.17) is 10.00 Å².